The molecule has 2 aromatic rings. The van der Waals surface area contributed by atoms with Gasteiger partial charge in [-0.25, -0.2) is 0 Å². The summed E-state index contributed by atoms with van der Waals surface area (Å²) < 4.78 is 7.43. The number of nitrogens with one attached hydrogen (secondary N) is 1. The van der Waals surface area contributed by atoms with Gasteiger partial charge in [-0.3, -0.25) is 4.79 Å². The highest BCUT2D eigenvalue weighted by molar-refractivity contribution is 8.00. The largest absolute Gasteiger partial charge is 0.495 e. The highest BCUT2D eigenvalue weighted by Crippen LogP contribution is 2.28. The molecule has 1 N–H and O–H groups in total. The first-order chi connectivity index (χ1) is 11.7. The molecule has 0 aliphatic carbocycles. The Morgan fingerprint density at radius 3 is 2.96 bits per heavy atom. The lowest BCUT2D eigenvalue weighted by Crippen LogP contribution is -2.23. The number of hydrogen-bond acceptors (Lipinski definition) is 5. The molecule has 24 heavy (non-hydrogen) atoms. The van der Waals surface area contributed by atoms with E-state index in [4.69, 9.17) is 4.74 Å². The van der Waals surface area contributed by atoms with E-state index >= 15 is 0 Å². The first-order valence-corrected chi connectivity index (χ1v) is 9.09. The number of amides is 1. The Bertz CT molecular complexity index is 716. The van der Waals surface area contributed by atoms with Crippen LogP contribution in [0.25, 0.3) is 0 Å². The second-order valence-electron chi connectivity index (χ2n) is 5.81. The van der Waals surface area contributed by atoms with Crippen molar-refractivity contribution in [1.82, 2.24) is 14.8 Å². The average Bonchev–Trinajstić information content (AvgIpc) is 2.82. The van der Waals surface area contributed by atoms with Crippen molar-refractivity contribution in [2.45, 2.75) is 49.6 Å². The number of nitrogens with zero attached hydrogens (tertiary/aromatic N) is 3. The van der Waals surface area contributed by atoms with E-state index in [1.165, 1.54) is 18.2 Å². The molecule has 7 heteroatoms. The quantitative estimate of drug-likeness (QED) is 0.843. The van der Waals surface area contributed by atoms with Crippen LogP contribution >= 0.6 is 11.8 Å². The zero-order valence-electron chi connectivity index (χ0n) is 14.0. The topological polar surface area (TPSA) is 69.0 Å². The summed E-state index contributed by atoms with van der Waals surface area (Å²) in [7, 11) is 1.59. The minimum Gasteiger partial charge on any atom is -0.495 e. The number of aromatic nitrogens is 3. The predicted octanol–water partition coefficient (Wildman–Crippen LogP) is 3.13. The summed E-state index contributed by atoms with van der Waals surface area (Å²) >= 11 is 1.45. The summed E-state index contributed by atoms with van der Waals surface area (Å²) in [6.45, 7) is 2.82. The highest BCUT2D eigenvalue weighted by atomic mass is 32.2. The number of anilines is 1. The monoisotopic (exact) mass is 346 g/mol. The third-order valence-corrected chi connectivity index (χ3v) is 5.17. The molecule has 1 aliphatic rings. The smallest absolute Gasteiger partial charge is 0.237 e. The van der Waals surface area contributed by atoms with Crippen LogP contribution in [0.4, 0.5) is 5.69 Å². The molecule has 1 aliphatic heterocycles. The van der Waals surface area contributed by atoms with Gasteiger partial charge in [-0.2, -0.15) is 0 Å². The van der Waals surface area contributed by atoms with Crippen LogP contribution in [0.3, 0.4) is 0 Å². The van der Waals surface area contributed by atoms with Crippen molar-refractivity contribution in [3.05, 3.63) is 30.1 Å². The molecular formula is C17H22N4O2S. The fraction of sp³-hybridized carbons (Fsp3) is 0.471. The van der Waals surface area contributed by atoms with E-state index in [1.807, 2.05) is 31.2 Å². The van der Waals surface area contributed by atoms with Gasteiger partial charge in [-0.05, 0) is 31.9 Å². The van der Waals surface area contributed by atoms with Gasteiger partial charge in [-0.1, -0.05) is 30.3 Å². The standard InChI is InChI=1S/C17H22N4O2S/c1-12(16(22)18-13-8-5-6-9-14(13)23-2)24-17-20-19-15-10-4-3-7-11-21(15)17/h5-6,8-9,12H,3-4,7,10-11H2,1-2H3,(H,18,22)/t12-/m0/s1. The van der Waals surface area contributed by atoms with Gasteiger partial charge >= 0.3 is 0 Å². The van der Waals surface area contributed by atoms with E-state index in [2.05, 4.69) is 20.1 Å². The van der Waals surface area contributed by atoms with Gasteiger partial charge < -0.3 is 14.6 Å². The molecule has 2 heterocycles. The molecule has 1 atom stereocenters. The number of para-hydroxylation sites is 2. The number of methoxy groups -OCH3 is 1. The molecule has 0 radical (unpaired) electrons. The summed E-state index contributed by atoms with van der Waals surface area (Å²) in [6.07, 6.45) is 4.49. The molecule has 3 rings (SSSR count). The van der Waals surface area contributed by atoms with Crippen LogP contribution in [-0.4, -0.2) is 33.0 Å². The number of carbonyl (C=O) groups is 1. The van der Waals surface area contributed by atoms with E-state index in [1.54, 1.807) is 7.11 Å². The fourth-order valence-corrected chi connectivity index (χ4v) is 3.63. The van der Waals surface area contributed by atoms with Crippen LogP contribution < -0.4 is 10.1 Å². The van der Waals surface area contributed by atoms with E-state index in [0.29, 0.717) is 11.4 Å². The highest BCUT2D eigenvalue weighted by Gasteiger charge is 2.21. The van der Waals surface area contributed by atoms with Crippen LogP contribution in [-0.2, 0) is 17.8 Å². The number of carbonyl (C=O) groups excluding carboxylic acids is 1. The van der Waals surface area contributed by atoms with Crippen molar-refractivity contribution in [1.29, 1.82) is 0 Å². The first-order valence-electron chi connectivity index (χ1n) is 8.21. The number of hydrogen-bond donors (Lipinski definition) is 1. The maximum Gasteiger partial charge on any atom is 0.237 e. The lowest BCUT2D eigenvalue weighted by atomic mass is 10.2. The van der Waals surface area contributed by atoms with Crippen LogP contribution in [0.2, 0.25) is 0 Å². The number of fused-ring (bicyclic) bond motifs is 1. The summed E-state index contributed by atoms with van der Waals surface area (Å²) in [5.41, 5.74) is 0.678. The third kappa shape index (κ3) is 3.72. The molecule has 0 saturated heterocycles. The molecule has 128 valence electrons. The van der Waals surface area contributed by atoms with Crippen molar-refractivity contribution < 1.29 is 9.53 Å². The number of benzene rings is 1. The Morgan fingerprint density at radius 2 is 2.12 bits per heavy atom. The maximum atomic E-state index is 12.5. The number of ether oxygens (including phenoxy) is 1. The summed E-state index contributed by atoms with van der Waals surface area (Å²) in [6, 6.07) is 7.40. The van der Waals surface area contributed by atoms with Crippen LogP contribution in [0.15, 0.2) is 29.4 Å². The Morgan fingerprint density at radius 1 is 1.29 bits per heavy atom. The van der Waals surface area contributed by atoms with Gasteiger partial charge in [0.25, 0.3) is 0 Å². The van der Waals surface area contributed by atoms with E-state index in [0.717, 1.165) is 36.8 Å². The zero-order chi connectivity index (χ0) is 16.9. The SMILES string of the molecule is COc1ccccc1NC(=O)[C@H](C)Sc1nnc2n1CCCCC2. The Hall–Kier alpha value is -2.02. The first kappa shape index (κ1) is 16.8. The molecule has 0 unspecified atom stereocenters. The molecule has 6 nitrogen and oxygen atoms in total. The number of aryl methyl sites for hydroxylation is 1. The lowest BCUT2D eigenvalue weighted by molar-refractivity contribution is -0.115. The summed E-state index contributed by atoms with van der Waals surface area (Å²) in [5, 5.41) is 12.0. The van der Waals surface area contributed by atoms with E-state index in [-0.39, 0.29) is 11.2 Å². The fourth-order valence-electron chi connectivity index (χ4n) is 2.74. The molecule has 1 amide bonds. The zero-order valence-corrected chi connectivity index (χ0v) is 14.8. The van der Waals surface area contributed by atoms with Gasteiger partial charge in [0.05, 0.1) is 18.0 Å². The average molecular weight is 346 g/mol. The minimum absolute atomic E-state index is 0.0736. The van der Waals surface area contributed by atoms with Gasteiger partial charge in [0, 0.05) is 13.0 Å². The Labute approximate surface area is 146 Å². The molecule has 0 saturated carbocycles. The van der Waals surface area contributed by atoms with Gasteiger partial charge in [0.2, 0.25) is 5.91 Å². The molecule has 0 spiro atoms. The summed E-state index contributed by atoms with van der Waals surface area (Å²) in [4.78, 5) is 12.5. The van der Waals surface area contributed by atoms with E-state index in [9.17, 15) is 4.79 Å². The molecular weight excluding hydrogens is 324 g/mol. The Kier molecular flexibility index (Phi) is 5.40. The molecule has 1 aromatic heterocycles. The number of thioether (sulfide) groups is 1. The van der Waals surface area contributed by atoms with Crippen molar-refractivity contribution in [2.24, 2.45) is 0 Å². The van der Waals surface area contributed by atoms with Crippen molar-refractivity contribution in [2.75, 3.05) is 12.4 Å². The van der Waals surface area contributed by atoms with Crippen molar-refractivity contribution in [3.8, 4) is 5.75 Å². The second-order valence-corrected chi connectivity index (χ2v) is 7.12. The minimum atomic E-state index is -0.272. The Balaban J connectivity index is 1.67. The molecule has 1 aromatic carbocycles. The molecule has 0 bridgehead atoms. The molecule has 0 fully saturated rings. The lowest BCUT2D eigenvalue weighted by Gasteiger charge is -2.14. The third-order valence-electron chi connectivity index (χ3n) is 4.09. The second kappa shape index (κ2) is 7.70. The number of rotatable bonds is 5. The summed E-state index contributed by atoms with van der Waals surface area (Å²) in [5.74, 6) is 1.61. The van der Waals surface area contributed by atoms with Gasteiger partial charge in [0.15, 0.2) is 5.16 Å². The van der Waals surface area contributed by atoms with Crippen LogP contribution in [0, 0.1) is 0 Å². The van der Waals surface area contributed by atoms with E-state index < -0.39 is 0 Å². The van der Waals surface area contributed by atoms with Crippen molar-refractivity contribution in [3.63, 3.8) is 0 Å². The van der Waals surface area contributed by atoms with Crippen LogP contribution in [0.5, 0.6) is 5.75 Å². The predicted molar refractivity (Wildman–Crippen MR) is 94.5 cm³/mol. The normalized spacial score (nSPS) is 15.2. The van der Waals surface area contributed by atoms with Gasteiger partial charge in [0.1, 0.15) is 11.6 Å². The van der Waals surface area contributed by atoms with Crippen LogP contribution in [0.1, 0.15) is 32.0 Å². The van der Waals surface area contributed by atoms with Crippen molar-refractivity contribution >= 4 is 23.4 Å². The maximum absolute atomic E-state index is 12.5. The van der Waals surface area contributed by atoms with Gasteiger partial charge in [-0.15, -0.1) is 10.2 Å².